The number of hydrogen-bond acceptors (Lipinski definition) is 8. The van der Waals surface area contributed by atoms with Gasteiger partial charge in [-0.25, -0.2) is 0 Å². The molecule has 0 bridgehead atoms. The lowest BCUT2D eigenvalue weighted by Gasteiger charge is -2.28. The normalized spacial score (nSPS) is 13.5. The molecule has 0 spiro atoms. The number of unbranched alkanes of at least 4 members (excludes halogenated alkanes) is 34. The van der Waals surface area contributed by atoms with E-state index in [9.17, 15) is 19.0 Å². The van der Waals surface area contributed by atoms with Crippen molar-refractivity contribution >= 4 is 19.8 Å². The number of quaternary nitrogens is 1. The highest BCUT2D eigenvalue weighted by Crippen LogP contribution is 2.38. The first-order chi connectivity index (χ1) is 32.0. The quantitative estimate of drug-likeness (QED) is 0.0195. The molecular formula is C56H108NO8P. The van der Waals surface area contributed by atoms with Crippen molar-refractivity contribution in [2.45, 2.75) is 277 Å². The summed E-state index contributed by atoms with van der Waals surface area (Å²) in [6, 6.07) is 0. The molecule has 9 nitrogen and oxygen atoms in total. The lowest BCUT2D eigenvalue weighted by atomic mass is 10.0. The van der Waals surface area contributed by atoms with Gasteiger partial charge >= 0.3 is 11.9 Å². The lowest BCUT2D eigenvalue weighted by Crippen LogP contribution is -2.37. The molecule has 0 N–H and O–H groups in total. The van der Waals surface area contributed by atoms with Gasteiger partial charge in [-0.15, -0.1) is 0 Å². The van der Waals surface area contributed by atoms with Crippen LogP contribution in [0.3, 0.4) is 0 Å². The summed E-state index contributed by atoms with van der Waals surface area (Å²) in [6.45, 7) is 4.25. The Bertz CT molecular complexity index is 1170. The number of carbonyl (C=O) groups excluding carboxylic acids is 2. The van der Waals surface area contributed by atoms with E-state index in [1.54, 1.807) is 0 Å². The van der Waals surface area contributed by atoms with Crippen molar-refractivity contribution in [1.29, 1.82) is 0 Å². The highest BCUT2D eigenvalue weighted by Gasteiger charge is 2.21. The maximum atomic E-state index is 12.8. The molecule has 0 radical (unpaired) electrons. The Labute approximate surface area is 409 Å². The van der Waals surface area contributed by atoms with Crippen LogP contribution in [0.4, 0.5) is 0 Å². The van der Waals surface area contributed by atoms with Crippen LogP contribution in [0.1, 0.15) is 271 Å². The van der Waals surface area contributed by atoms with Gasteiger partial charge in [0.25, 0.3) is 7.82 Å². The van der Waals surface area contributed by atoms with Crippen LogP contribution in [0.15, 0.2) is 24.3 Å². The average molecular weight is 954 g/mol. The lowest BCUT2D eigenvalue weighted by molar-refractivity contribution is -0.870. The second-order valence-corrected chi connectivity index (χ2v) is 21.7. The topological polar surface area (TPSA) is 111 Å². The number of phosphoric acid groups is 1. The fourth-order valence-corrected chi connectivity index (χ4v) is 8.82. The van der Waals surface area contributed by atoms with Crippen molar-refractivity contribution < 1.29 is 42.1 Å². The van der Waals surface area contributed by atoms with Gasteiger partial charge in [0, 0.05) is 12.8 Å². The maximum Gasteiger partial charge on any atom is 0.306 e. The molecule has 390 valence electrons. The van der Waals surface area contributed by atoms with Crippen LogP contribution in [0, 0.1) is 0 Å². The third kappa shape index (κ3) is 51.9. The molecule has 0 saturated carbocycles. The van der Waals surface area contributed by atoms with Gasteiger partial charge in [-0.3, -0.25) is 14.2 Å². The fraction of sp³-hybridized carbons (Fsp3) is 0.893. The van der Waals surface area contributed by atoms with Crippen LogP contribution in [0.5, 0.6) is 0 Å². The van der Waals surface area contributed by atoms with E-state index in [0.29, 0.717) is 23.9 Å². The predicted octanol–water partition coefficient (Wildman–Crippen LogP) is 16.4. The zero-order chi connectivity index (χ0) is 48.5. The third-order valence-corrected chi connectivity index (χ3v) is 13.4. The molecule has 10 heteroatoms. The van der Waals surface area contributed by atoms with E-state index in [1.807, 2.05) is 21.1 Å². The number of hydrogen-bond donors (Lipinski definition) is 0. The number of carbonyl (C=O) groups is 2. The van der Waals surface area contributed by atoms with Gasteiger partial charge in [0.2, 0.25) is 0 Å². The standard InChI is InChI=1S/C56H108NO8P/c1-6-8-10-12-14-16-18-20-22-24-26-27-28-29-31-32-34-36-38-40-42-44-46-48-55(58)62-52-54(53-64-66(60,61)63-51-50-57(3,4)5)65-56(59)49-47-45-43-41-39-37-35-33-30-25-23-21-19-17-15-13-11-9-7-2/h32,34,40,42,54H,6-31,33,35-39,41,43-53H2,1-5H3/b34-32+,42-40+/t54-/m1/s1. The summed E-state index contributed by atoms with van der Waals surface area (Å²) in [5.41, 5.74) is 0. The highest BCUT2D eigenvalue weighted by molar-refractivity contribution is 7.45. The summed E-state index contributed by atoms with van der Waals surface area (Å²) in [6.07, 6.45) is 56.6. The predicted molar refractivity (Wildman–Crippen MR) is 278 cm³/mol. The largest absolute Gasteiger partial charge is 0.756 e. The number of likely N-dealkylation sites (N-methyl/N-ethyl adjacent to an activating group) is 1. The Morgan fingerprint density at radius 3 is 1.21 bits per heavy atom. The molecule has 0 aliphatic rings. The molecule has 2 atom stereocenters. The van der Waals surface area contributed by atoms with E-state index >= 15 is 0 Å². The van der Waals surface area contributed by atoms with Crippen LogP contribution in [0.25, 0.3) is 0 Å². The van der Waals surface area contributed by atoms with Gasteiger partial charge in [0.1, 0.15) is 19.8 Å². The minimum atomic E-state index is -4.64. The van der Waals surface area contributed by atoms with Gasteiger partial charge in [0.15, 0.2) is 6.10 Å². The molecular weight excluding hydrogens is 846 g/mol. The van der Waals surface area contributed by atoms with Crippen molar-refractivity contribution in [2.75, 3.05) is 47.5 Å². The first-order valence-corrected chi connectivity index (χ1v) is 29.5. The number of rotatable bonds is 52. The monoisotopic (exact) mass is 954 g/mol. The Kier molecular flexibility index (Phi) is 47.4. The first kappa shape index (κ1) is 64.5. The van der Waals surface area contributed by atoms with Gasteiger partial charge in [-0.2, -0.15) is 0 Å². The van der Waals surface area contributed by atoms with E-state index < -0.39 is 32.5 Å². The smallest absolute Gasteiger partial charge is 0.306 e. The Morgan fingerprint density at radius 2 is 0.803 bits per heavy atom. The molecule has 0 heterocycles. The molecule has 0 aliphatic carbocycles. The number of allylic oxidation sites excluding steroid dienone is 4. The molecule has 66 heavy (non-hydrogen) atoms. The van der Waals surface area contributed by atoms with Crippen LogP contribution in [-0.4, -0.2) is 70.0 Å². The second kappa shape index (κ2) is 48.5. The third-order valence-electron chi connectivity index (χ3n) is 12.5. The van der Waals surface area contributed by atoms with E-state index in [2.05, 4.69) is 38.2 Å². The van der Waals surface area contributed by atoms with Crippen LogP contribution < -0.4 is 4.89 Å². The summed E-state index contributed by atoms with van der Waals surface area (Å²) in [7, 11) is 1.16. The molecule has 0 aromatic rings. The molecule has 0 aromatic carbocycles. The van der Waals surface area contributed by atoms with Crippen molar-refractivity contribution in [3.05, 3.63) is 24.3 Å². The summed E-state index contributed by atoms with van der Waals surface area (Å²) >= 11 is 0. The summed E-state index contributed by atoms with van der Waals surface area (Å²) in [5, 5.41) is 0. The van der Waals surface area contributed by atoms with E-state index in [1.165, 1.54) is 193 Å². The minimum absolute atomic E-state index is 0.0339. The van der Waals surface area contributed by atoms with Crippen LogP contribution in [-0.2, 0) is 32.7 Å². The van der Waals surface area contributed by atoms with Crippen molar-refractivity contribution in [3.63, 3.8) is 0 Å². The molecule has 0 rings (SSSR count). The number of esters is 2. The van der Waals surface area contributed by atoms with Crippen LogP contribution in [0.2, 0.25) is 0 Å². The Balaban J connectivity index is 4.21. The minimum Gasteiger partial charge on any atom is -0.756 e. The molecule has 1 unspecified atom stereocenters. The van der Waals surface area contributed by atoms with Crippen molar-refractivity contribution in [2.24, 2.45) is 0 Å². The summed E-state index contributed by atoms with van der Waals surface area (Å²) in [5.74, 6) is -0.868. The highest BCUT2D eigenvalue weighted by atomic mass is 31.2. The van der Waals surface area contributed by atoms with Crippen molar-refractivity contribution in [1.82, 2.24) is 0 Å². The summed E-state index contributed by atoms with van der Waals surface area (Å²) < 4.78 is 34.1. The fourth-order valence-electron chi connectivity index (χ4n) is 8.09. The second-order valence-electron chi connectivity index (χ2n) is 20.3. The number of phosphoric ester groups is 1. The Morgan fingerprint density at radius 1 is 0.455 bits per heavy atom. The SMILES string of the molecule is CCCCCCCCCCCCCCCC/C=C/CC/C=C/CCCC(=O)OC[C@H](COP(=O)([O-])OCC[N+](C)(C)C)OC(=O)CCCCCCCCCCCCCCCCCCCCC. The maximum absolute atomic E-state index is 12.8. The average Bonchev–Trinajstić information content (AvgIpc) is 3.27. The zero-order valence-corrected chi connectivity index (χ0v) is 45.1. The molecule has 0 aromatic heterocycles. The van der Waals surface area contributed by atoms with Gasteiger partial charge in [-0.1, -0.05) is 237 Å². The van der Waals surface area contributed by atoms with E-state index in [4.69, 9.17) is 18.5 Å². The molecule has 0 amide bonds. The van der Waals surface area contributed by atoms with Crippen LogP contribution >= 0.6 is 7.82 Å². The van der Waals surface area contributed by atoms with Gasteiger partial charge in [0.05, 0.1) is 27.7 Å². The zero-order valence-electron chi connectivity index (χ0n) is 44.2. The number of nitrogens with zero attached hydrogens (tertiary/aromatic N) is 1. The number of ether oxygens (including phenoxy) is 2. The van der Waals surface area contributed by atoms with E-state index in [-0.39, 0.29) is 26.1 Å². The Hall–Kier alpha value is -1.51. The van der Waals surface area contributed by atoms with Gasteiger partial charge in [-0.05, 0) is 44.9 Å². The first-order valence-electron chi connectivity index (χ1n) is 28.0. The van der Waals surface area contributed by atoms with Crippen molar-refractivity contribution in [3.8, 4) is 0 Å². The molecule has 0 aliphatic heterocycles. The summed E-state index contributed by atoms with van der Waals surface area (Å²) in [4.78, 5) is 37.8. The van der Waals surface area contributed by atoms with E-state index in [0.717, 1.165) is 38.5 Å². The van der Waals surface area contributed by atoms with Gasteiger partial charge < -0.3 is 27.9 Å². The molecule has 0 fully saturated rings. The molecule has 0 saturated heterocycles.